The molecule has 3 aliphatic carbocycles. The number of allylic oxidation sites excluding steroid dienone is 4. The van der Waals surface area contributed by atoms with Gasteiger partial charge in [-0.25, -0.2) is 0 Å². The summed E-state index contributed by atoms with van der Waals surface area (Å²) in [7, 11) is 0. The molecule has 164 valence electrons. The van der Waals surface area contributed by atoms with Gasteiger partial charge < -0.3 is 10.2 Å². The van der Waals surface area contributed by atoms with E-state index in [1.54, 1.807) is 0 Å². The molecule has 0 aromatic rings. The Morgan fingerprint density at radius 3 is 2.83 bits per heavy atom. The molecule has 0 heterocycles. The number of aliphatic hydroxyl groups is 2. The Morgan fingerprint density at radius 1 is 1.28 bits per heavy atom. The lowest BCUT2D eigenvalue weighted by atomic mass is 9.60. The monoisotopic (exact) mass is 406 g/mol. The van der Waals surface area contributed by atoms with Crippen LogP contribution in [-0.4, -0.2) is 21.9 Å². The second-order valence-corrected chi connectivity index (χ2v) is 10.3. The molecule has 0 amide bonds. The van der Waals surface area contributed by atoms with Gasteiger partial charge in [-0.05, 0) is 100 Å². The van der Waals surface area contributed by atoms with Crippen LogP contribution in [0.4, 0.5) is 0 Å². The van der Waals surface area contributed by atoms with E-state index in [2.05, 4.69) is 32.6 Å². The molecule has 2 N–H and O–H groups in total. The van der Waals surface area contributed by atoms with Crippen molar-refractivity contribution in [3.8, 4) is 0 Å². The van der Waals surface area contributed by atoms with Crippen molar-refractivity contribution in [2.45, 2.75) is 110 Å². The summed E-state index contributed by atoms with van der Waals surface area (Å²) < 4.78 is 45.6. The van der Waals surface area contributed by atoms with Gasteiger partial charge in [-0.3, -0.25) is 0 Å². The van der Waals surface area contributed by atoms with Crippen LogP contribution in [0, 0.1) is 23.2 Å². The number of hydrogen-bond donors (Lipinski definition) is 2. The average molecular weight is 407 g/mol. The van der Waals surface area contributed by atoms with Crippen molar-refractivity contribution < 1.29 is 18.4 Å². The third-order valence-corrected chi connectivity index (χ3v) is 8.11. The first kappa shape index (κ1) is 15.9. The molecule has 0 aliphatic heterocycles. The molecule has 0 bridgehead atoms. The lowest BCUT2D eigenvalue weighted by molar-refractivity contribution is 0.0596. The summed E-state index contributed by atoms with van der Waals surface area (Å²) >= 11 is 0. The second-order valence-electron chi connectivity index (χ2n) is 10.3. The minimum absolute atomic E-state index is 0.176. The fourth-order valence-electron chi connectivity index (χ4n) is 6.49. The fourth-order valence-corrected chi connectivity index (χ4v) is 6.49. The van der Waals surface area contributed by atoms with Gasteiger partial charge in [0.1, 0.15) is 0 Å². The Bertz CT molecular complexity index is 826. The Kier molecular flexibility index (Phi) is 4.98. The molecule has 0 aromatic carbocycles. The van der Waals surface area contributed by atoms with E-state index in [9.17, 15) is 10.2 Å². The smallest absolute Gasteiger partial charge is 0.0591 e. The molecule has 0 saturated heterocycles. The summed E-state index contributed by atoms with van der Waals surface area (Å²) in [6.45, 7) is 2.91. The Labute approximate surface area is 187 Å². The molecular formula is C27H44O2. The zero-order valence-electron chi connectivity index (χ0n) is 24.3. The van der Waals surface area contributed by atoms with Crippen LogP contribution < -0.4 is 0 Å². The third kappa shape index (κ3) is 5.44. The van der Waals surface area contributed by atoms with E-state index in [1.165, 1.54) is 17.6 Å². The molecule has 2 heteroatoms. The van der Waals surface area contributed by atoms with Crippen molar-refractivity contribution >= 4 is 0 Å². The average Bonchev–Trinajstić information content (AvgIpc) is 3.10. The summed E-state index contributed by atoms with van der Waals surface area (Å²) in [4.78, 5) is 0. The van der Waals surface area contributed by atoms with Gasteiger partial charge in [-0.2, -0.15) is 0 Å². The van der Waals surface area contributed by atoms with Gasteiger partial charge >= 0.3 is 0 Å². The summed E-state index contributed by atoms with van der Waals surface area (Å²) in [5, 5.41) is 20.6. The van der Waals surface area contributed by atoms with Gasteiger partial charge in [0, 0.05) is 8.22 Å². The van der Waals surface area contributed by atoms with Crippen LogP contribution in [0.3, 0.4) is 0 Å². The van der Waals surface area contributed by atoms with Gasteiger partial charge in [-0.15, -0.1) is 0 Å². The van der Waals surface area contributed by atoms with E-state index in [-0.39, 0.29) is 17.9 Å². The lowest BCUT2D eigenvalue weighted by Gasteiger charge is -2.44. The van der Waals surface area contributed by atoms with Crippen LogP contribution >= 0.6 is 0 Å². The first-order valence-electron chi connectivity index (χ1n) is 14.6. The predicted molar refractivity (Wildman–Crippen MR) is 123 cm³/mol. The van der Waals surface area contributed by atoms with E-state index >= 15 is 0 Å². The summed E-state index contributed by atoms with van der Waals surface area (Å²) in [6, 6.07) is 0. The van der Waals surface area contributed by atoms with Gasteiger partial charge in [0.2, 0.25) is 0 Å². The first-order valence-corrected chi connectivity index (χ1v) is 11.6. The maximum Gasteiger partial charge on any atom is 0.0591 e. The van der Waals surface area contributed by atoms with Crippen molar-refractivity contribution in [1.29, 1.82) is 0 Å². The summed E-state index contributed by atoms with van der Waals surface area (Å²) in [6.07, 6.45) is 13.1. The molecule has 0 spiro atoms. The molecule has 5 atom stereocenters. The normalized spacial score (nSPS) is 41.1. The van der Waals surface area contributed by atoms with Gasteiger partial charge in [0.25, 0.3) is 0 Å². The summed E-state index contributed by atoms with van der Waals surface area (Å²) in [5.74, 6) is 1.33. The fraction of sp³-hybridized carbons (Fsp3) is 0.778. The van der Waals surface area contributed by atoms with Crippen LogP contribution in [0.15, 0.2) is 35.5 Å². The van der Waals surface area contributed by atoms with Crippen molar-refractivity contribution in [2.24, 2.45) is 23.2 Å². The number of aliphatic hydroxyl groups excluding tert-OH is 1. The van der Waals surface area contributed by atoms with E-state index in [0.717, 1.165) is 44.1 Å². The lowest BCUT2D eigenvalue weighted by Crippen LogP contribution is -2.36. The minimum atomic E-state index is -2.94. The van der Waals surface area contributed by atoms with Gasteiger partial charge in [-0.1, -0.05) is 56.6 Å². The Hall–Kier alpha value is -0.860. The van der Waals surface area contributed by atoms with E-state index < -0.39 is 19.3 Å². The van der Waals surface area contributed by atoms with Crippen LogP contribution in [0.1, 0.15) is 106 Å². The zero-order valence-corrected chi connectivity index (χ0v) is 18.3. The van der Waals surface area contributed by atoms with E-state index in [4.69, 9.17) is 8.22 Å². The third-order valence-electron chi connectivity index (χ3n) is 8.11. The van der Waals surface area contributed by atoms with E-state index in [1.807, 2.05) is 0 Å². The molecule has 0 aromatic heterocycles. The predicted octanol–water partition coefficient (Wildman–Crippen LogP) is 6.73. The topological polar surface area (TPSA) is 40.5 Å². The van der Waals surface area contributed by atoms with Crippen LogP contribution in [0.2, 0.25) is 0 Å². The van der Waals surface area contributed by atoms with Crippen molar-refractivity contribution in [3.05, 3.63) is 35.5 Å². The highest BCUT2D eigenvalue weighted by Crippen LogP contribution is 2.60. The molecule has 3 rings (SSSR count). The van der Waals surface area contributed by atoms with Crippen molar-refractivity contribution in [2.75, 3.05) is 0 Å². The van der Waals surface area contributed by atoms with Crippen LogP contribution in [0.25, 0.3) is 0 Å². The molecule has 3 aliphatic rings. The maximum absolute atomic E-state index is 10.6. The molecular weight excluding hydrogens is 356 g/mol. The maximum atomic E-state index is 10.6. The molecule has 2 nitrogen and oxygen atoms in total. The van der Waals surface area contributed by atoms with Crippen molar-refractivity contribution in [3.63, 3.8) is 0 Å². The quantitative estimate of drug-likeness (QED) is 0.513. The van der Waals surface area contributed by atoms with E-state index in [0.29, 0.717) is 37.0 Å². The SMILES string of the molecule is [2H]C([2H])([2H])C(O)(CCC[C@@H](C)[C@H]1CCC2C(=C/C=C3/C[C@@H](O)CCC3=C)CCC[C@@]21C)C([2H])([2H])[2H]. The van der Waals surface area contributed by atoms with Gasteiger partial charge in [0.15, 0.2) is 0 Å². The Balaban J connectivity index is 1.68. The van der Waals surface area contributed by atoms with Crippen LogP contribution in [0.5, 0.6) is 0 Å². The second kappa shape index (κ2) is 9.10. The molecule has 3 fully saturated rings. The summed E-state index contributed by atoms with van der Waals surface area (Å²) in [5.41, 5.74) is 1.32. The minimum Gasteiger partial charge on any atom is -0.393 e. The number of hydrogen-bond acceptors (Lipinski definition) is 2. The Morgan fingerprint density at radius 2 is 2.07 bits per heavy atom. The molecule has 1 unspecified atom stereocenters. The molecule has 0 radical (unpaired) electrons. The highest BCUT2D eigenvalue weighted by Gasteiger charge is 2.50. The largest absolute Gasteiger partial charge is 0.393 e. The zero-order chi connectivity index (χ0) is 26.2. The van der Waals surface area contributed by atoms with Crippen LogP contribution in [-0.2, 0) is 0 Å². The molecule has 29 heavy (non-hydrogen) atoms. The molecule has 3 saturated carbocycles. The van der Waals surface area contributed by atoms with Crippen molar-refractivity contribution in [1.82, 2.24) is 0 Å². The number of fused-ring (bicyclic) bond motifs is 1. The highest BCUT2D eigenvalue weighted by molar-refractivity contribution is 5.36. The number of rotatable bonds is 6. The highest BCUT2D eigenvalue weighted by atomic mass is 16.3. The standard InChI is InChI=1S/C27H44O2/c1-19-10-13-23(28)18-22(19)12-11-21-9-7-17-27(5)24(14-15-25(21)27)20(2)8-6-16-26(3,4)29/h11-12,20,23-25,28-29H,1,6-10,13-18H2,2-5H3/b21-11?,22-12-/t20-,23+,24-,25?,27-/m1/s1/i3D3,4D3. The van der Waals surface area contributed by atoms with Gasteiger partial charge in [0.05, 0.1) is 11.7 Å². The first-order chi connectivity index (χ1) is 16.1.